The number of nitrogens with one attached hydrogen (secondary N) is 4. The van der Waals surface area contributed by atoms with E-state index < -0.39 is 29.6 Å². The molecule has 0 spiro atoms. The van der Waals surface area contributed by atoms with E-state index in [9.17, 15) is 24.0 Å². The molecule has 5 aromatic rings. The van der Waals surface area contributed by atoms with Crippen LogP contribution in [0.3, 0.4) is 0 Å². The van der Waals surface area contributed by atoms with Gasteiger partial charge in [-0.3, -0.25) is 19.2 Å². The Labute approximate surface area is 310 Å². The number of methoxy groups -OCH3 is 1. The summed E-state index contributed by atoms with van der Waals surface area (Å²) in [6.45, 7) is 1.62. The number of rotatable bonds is 12. The molecule has 0 saturated heterocycles. The first-order valence-corrected chi connectivity index (χ1v) is 18.0. The van der Waals surface area contributed by atoms with Crippen LogP contribution >= 0.6 is 39.0 Å². The molecular weight excluding hydrogens is 752 g/mol. The smallest absolute Gasteiger partial charge is 0.341 e. The third kappa shape index (κ3) is 10.0. The minimum absolute atomic E-state index is 0.0313. The van der Waals surface area contributed by atoms with Crippen molar-refractivity contribution in [1.82, 2.24) is 5.32 Å². The highest BCUT2D eigenvalue weighted by atomic mass is 79.9. The van der Waals surface area contributed by atoms with Crippen LogP contribution in [0.2, 0.25) is 0 Å². The summed E-state index contributed by atoms with van der Waals surface area (Å²) >= 11 is 5.62. The van der Waals surface area contributed by atoms with Crippen molar-refractivity contribution in [2.75, 3.05) is 28.8 Å². The van der Waals surface area contributed by atoms with Crippen molar-refractivity contribution in [3.8, 4) is 0 Å². The molecule has 1 heterocycles. The second kappa shape index (κ2) is 17.4. The molecule has 51 heavy (non-hydrogen) atoms. The number of benzene rings is 4. The molecule has 0 aliphatic carbocycles. The van der Waals surface area contributed by atoms with Crippen LogP contribution in [0.4, 0.5) is 16.4 Å². The van der Waals surface area contributed by atoms with Crippen LogP contribution in [0.1, 0.15) is 41.5 Å². The Morgan fingerprint density at radius 2 is 1.47 bits per heavy atom. The van der Waals surface area contributed by atoms with Gasteiger partial charge in [0.2, 0.25) is 5.91 Å². The van der Waals surface area contributed by atoms with Gasteiger partial charge in [-0.2, -0.15) is 0 Å². The summed E-state index contributed by atoms with van der Waals surface area (Å²) in [7, 11) is 1.23. The number of anilines is 3. The topological polar surface area (TPSA) is 143 Å². The number of para-hydroxylation sites is 1. The van der Waals surface area contributed by atoms with E-state index in [-0.39, 0.29) is 26.9 Å². The number of carbonyl (C=O) groups excluding carboxylic acids is 5. The predicted molar refractivity (Wildman–Crippen MR) is 205 cm³/mol. The number of thioether (sulfide) groups is 1. The second-order valence-corrected chi connectivity index (χ2v) is 13.8. The summed E-state index contributed by atoms with van der Waals surface area (Å²) in [6.07, 6.45) is 1.58. The quantitative estimate of drug-likeness (QED) is 0.0571. The summed E-state index contributed by atoms with van der Waals surface area (Å²) in [6, 6.07) is 31.6. The standard InChI is InChI=1S/C38H31BrN4O6S2/c1-23-32(38(48)49-2)37(51-33(23)36(47)40-27-15-7-4-8-16-27)43-31(44)22-50-29-18-10-17-28(21-29)41-35(46)30(20-24-11-9-14-26(39)19-24)42-34(45)25-12-5-3-6-13-25/h3-21H,22H2,1-2H3,(H,40,47)(H,41,46)(H,42,45)(H,43,44)/b30-20+. The third-order valence-corrected chi connectivity index (χ3v) is 9.87. The monoisotopic (exact) mass is 782 g/mol. The Kier molecular flexibility index (Phi) is 12.6. The number of carbonyl (C=O) groups is 5. The SMILES string of the molecule is COC(=O)c1c(NC(=O)CSc2cccc(NC(=O)/C(=C\c3cccc(Br)c3)NC(=O)c3ccccc3)c2)sc(C(=O)Nc2ccccc2)c1C. The minimum Gasteiger partial charge on any atom is -0.465 e. The summed E-state index contributed by atoms with van der Waals surface area (Å²) in [5, 5.41) is 11.3. The van der Waals surface area contributed by atoms with Crippen molar-refractivity contribution >= 4 is 91.1 Å². The number of amides is 4. The number of hydrogen-bond donors (Lipinski definition) is 4. The van der Waals surface area contributed by atoms with E-state index in [4.69, 9.17) is 4.74 Å². The molecule has 0 aliphatic rings. The molecule has 10 nitrogen and oxygen atoms in total. The molecule has 5 rings (SSSR count). The number of ether oxygens (including phenoxy) is 1. The van der Waals surface area contributed by atoms with Gasteiger partial charge >= 0.3 is 5.97 Å². The second-order valence-electron chi connectivity index (χ2n) is 10.8. The van der Waals surface area contributed by atoms with E-state index in [1.807, 2.05) is 24.3 Å². The van der Waals surface area contributed by atoms with Crippen LogP contribution in [0, 0.1) is 6.92 Å². The molecule has 0 fully saturated rings. The zero-order chi connectivity index (χ0) is 36.3. The van der Waals surface area contributed by atoms with Crippen molar-refractivity contribution < 1.29 is 28.7 Å². The largest absolute Gasteiger partial charge is 0.465 e. The van der Waals surface area contributed by atoms with Gasteiger partial charge in [0.25, 0.3) is 17.7 Å². The molecule has 258 valence electrons. The summed E-state index contributed by atoms with van der Waals surface area (Å²) in [5.41, 5.74) is 2.64. The molecule has 1 aromatic heterocycles. The first-order valence-electron chi connectivity index (χ1n) is 15.4. The fourth-order valence-electron chi connectivity index (χ4n) is 4.75. The van der Waals surface area contributed by atoms with E-state index in [1.54, 1.807) is 97.9 Å². The van der Waals surface area contributed by atoms with Gasteiger partial charge in [-0.25, -0.2) is 4.79 Å². The lowest BCUT2D eigenvalue weighted by atomic mass is 10.1. The van der Waals surface area contributed by atoms with Gasteiger partial charge in [-0.05, 0) is 78.7 Å². The minimum atomic E-state index is -0.679. The number of esters is 1. The molecule has 0 saturated carbocycles. The van der Waals surface area contributed by atoms with E-state index >= 15 is 0 Å². The first-order chi connectivity index (χ1) is 24.6. The van der Waals surface area contributed by atoms with E-state index in [0.717, 1.165) is 15.8 Å². The molecule has 4 N–H and O–H groups in total. The van der Waals surface area contributed by atoms with E-state index in [1.165, 1.54) is 18.9 Å². The highest BCUT2D eigenvalue weighted by molar-refractivity contribution is 9.10. The molecule has 0 unspecified atom stereocenters. The van der Waals surface area contributed by atoms with Crippen LogP contribution in [0.25, 0.3) is 6.08 Å². The normalized spacial score (nSPS) is 10.9. The maximum absolute atomic E-state index is 13.5. The van der Waals surface area contributed by atoms with Gasteiger partial charge in [0.15, 0.2) is 0 Å². The lowest BCUT2D eigenvalue weighted by Crippen LogP contribution is -2.30. The molecule has 0 radical (unpaired) electrons. The van der Waals surface area contributed by atoms with Crippen LogP contribution in [-0.4, -0.2) is 42.5 Å². The summed E-state index contributed by atoms with van der Waals surface area (Å²) in [5.74, 6) is -2.54. The summed E-state index contributed by atoms with van der Waals surface area (Å²) < 4.78 is 5.75. The van der Waals surface area contributed by atoms with Gasteiger partial charge < -0.3 is 26.0 Å². The lowest BCUT2D eigenvalue weighted by molar-refractivity contribution is -0.114. The molecule has 4 aromatic carbocycles. The molecule has 0 bridgehead atoms. The fourth-order valence-corrected chi connectivity index (χ4v) is 7.03. The molecule has 4 amide bonds. The average Bonchev–Trinajstić information content (AvgIpc) is 3.46. The van der Waals surface area contributed by atoms with Crippen LogP contribution in [0.15, 0.2) is 124 Å². The van der Waals surface area contributed by atoms with Crippen molar-refractivity contribution in [1.29, 1.82) is 0 Å². The molecule has 13 heteroatoms. The molecule has 0 aliphatic heterocycles. The highest BCUT2D eigenvalue weighted by Gasteiger charge is 2.26. The predicted octanol–water partition coefficient (Wildman–Crippen LogP) is 8.00. The number of halogens is 1. The molecular formula is C38H31BrN4O6S2. The zero-order valence-electron chi connectivity index (χ0n) is 27.3. The van der Waals surface area contributed by atoms with Crippen LogP contribution < -0.4 is 21.3 Å². The van der Waals surface area contributed by atoms with Crippen LogP contribution in [-0.2, 0) is 14.3 Å². The van der Waals surface area contributed by atoms with Gasteiger partial charge in [-0.1, -0.05) is 70.5 Å². The third-order valence-electron chi connectivity index (χ3n) is 7.18. The first kappa shape index (κ1) is 36.8. The van der Waals surface area contributed by atoms with E-state index in [0.29, 0.717) is 33.0 Å². The maximum Gasteiger partial charge on any atom is 0.341 e. The Morgan fingerprint density at radius 3 is 2.18 bits per heavy atom. The van der Waals surface area contributed by atoms with E-state index in [2.05, 4.69) is 37.2 Å². The molecule has 0 atom stereocenters. The zero-order valence-corrected chi connectivity index (χ0v) is 30.5. The Hall–Kier alpha value is -5.50. The van der Waals surface area contributed by atoms with Crippen molar-refractivity contribution in [2.45, 2.75) is 11.8 Å². The maximum atomic E-state index is 13.5. The highest BCUT2D eigenvalue weighted by Crippen LogP contribution is 2.35. The van der Waals surface area contributed by atoms with Crippen molar-refractivity contribution in [3.05, 3.63) is 146 Å². The van der Waals surface area contributed by atoms with Gasteiger partial charge in [0.1, 0.15) is 10.7 Å². The van der Waals surface area contributed by atoms with Crippen molar-refractivity contribution in [3.63, 3.8) is 0 Å². The van der Waals surface area contributed by atoms with Gasteiger partial charge in [0, 0.05) is 26.3 Å². The Bertz CT molecular complexity index is 2120. The number of hydrogen-bond acceptors (Lipinski definition) is 8. The fraction of sp³-hybridized carbons (Fsp3) is 0.0789. The van der Waals surface area contributed by atoms with Crippen LogP contribution in [0.5, 0.6) is 0 Å². The van der Waals surface area contributed by atoms with Gasteiger partial charge in [-0.15, -0.1) is 23.1 Å². The number of thiophene rings is 1. The van der Waals surface area contributed by atoms with Gasteiger partial charge in [0.05, 0.1) is 23.3 Å². The lowest BCUT2D eigenvalue weighted by Gasteiger charge is -2.12. The Morgan fingerprint density at radius 1 is 0.784 bits per heavy atom. The average molecular weight is 784 g/mol. The van der Waals surface area contributed by atoms with Crippen molar-refractivity contribution in [2.24, 2.45) is 0 Å². The summed E-state index contributed by atoms with van der Waals surface area (Å²) in [4.78, 5) is 66.2. The Balaban J connectivity index is 1.27.